The normalized spacial score (nSPS) is 15.4. The van der Waals surface area contributed by atoms with Gasteiger partial charge < -0.3 is 10.3 Å². The number of likely N-dealkylation sites (tertiary alicyclic amines) is 1. The number of aromatic nitrogens is 3. The highest BCUT2D eigenvalue weighted by atomic mass is 15.3. The lowest BCUT2D eigenvalue weighted by Gasteiger charge is -2.12. The Bertz CT molecular complexity index is 854. The van der Waals surface area contributed by atoms with Crippen LogP contribution in [-0.4, -0.2) is 32.8 Å². The number of aryl methyl sites for hydroxylation is 1. The molecule has 1 saturated heterocycles. The molecule has 0 aliphatic carbocycles. The zero-order valence-electron chi connectivity index (χ0n) is 15.2. The second-order valence-electron chi connectivity index (χ2n) is 7.18. The second kappa shape index (κ2) is 7.02. The van der Waals surface area contributed by atoms with E-state index in [0.717, 1.165) is 19.6 Å². The van der Waals surface area contributed by atoms with Crippen molar-refractivity contribution in [1.29, 1.82) is 0 Å². The number of hydrogen-bond acceptors (Lipinski definition) is 3. The molecule has 0 unspecified atom stereocenters. The van der Waals surface area contributed by atoms with Gasteiger partial charge in [0.25, 0.3) is 0 Å². The van der Waals surface area contributed by atoms with E-state index in [1.165, 1.54) is 59.3 Å². The molecule has 1 aromatic carbocycles. The van der Waals surface area contributed by atoms with Crippen molar-refractivity contribution in [1.82, 2.24) is 25.0 Å². The highest BCUT2D eigenvalue weighted by molar-refractivity contribution is 5.81. The van der Waals surface area contributed by atoms with Gasteiger partial charge in [-0.05, 0) is 56.6 Å². The Morgan fingerprint density at radius 2 is 2.00 bits per heavy atom. The SMILES string of the molecule is Cc1c(CNCc2ccc3[nH]c(CN4CCCC4)cc3c2)cnn1C. The molecule has 2 N–H and O–H groups in total. The number of hydrogen-bond donors (Lipinski definition) is 2. The maximum Gasteiger partial charge on any atom is 0.0537 e. The molecule has 1 aliphatic rings. The van der Waals surface area contributed by atoms with Crippen molar-refractivity contribution in [3.63, 3.8) is 0 Å². The molecule has 0 saturated carbocycles. The number of nitrogens with one attached hydrogen (secondary N) is 2. The summed E-state index contributed by atoms with van der Waals surface area (Å²) in [7, 11) is 1.98. The summed E-state index contributed by atoms with van der Waals surface area (Å²) in [6, 6.07) is 9.02. The molecule has 0 atom stereocenters. The number of aromatic amines is 1. The van der Waals surface area contributed by atoms with E-state index < -0.39 is 0 Å². The molecule has 5 heteroatoms. The van der Waals surface area contributed by atoms with Gasteiger partial charge in [-0.15, -0.1) is 0 Å². The highest BCUT2D eigenvalue weighted by Gasteiger charge is 2.13. The fourth-order valence-electron chi connectivity index (χ4n) is 3.68. The van der Waals surface area contributed by atoms with E-state index in [9.17, 15) is 0 Å². The van der Waals surface area contributed by atoms with Crippen LogP contribution in [0.25, 0.3) is 10.9 Å². The van der Waals surface area contributed by atoms with Crippen LogP contribution in [0.15, 0.2) is 30.5 Å². The Labute approximate surface area is 149 Å². The Balaban J connectivity index is 1.39. The zero-order valence-corrected chi connectivity index (χ0v) is 15.2. The standard InChI is InChI=1S/C20H27N5/c1-15-18(13-22-24(15)2)12-21-11-16-5-6-20-17(9-16)10-19(23-20)14-25-7-3-4-8-25/h5-6,9-10,13,21,23H,3-4,7-8,11-12,14H2,1-2H3. The number of fused-ring (bicyclic) bond motifs is 1. The van der Waals surface area contributed by atoms with E-state index in [4.69, 9.17) is 0 Å². The van der Waals surface area contributed by atoms with Crippen molar-refractivity contribution in [2.75, 3.05) is 13.1 Å². The Kier molecular flexibility index (Phi) is 4.59. The molecule has 3 aromatic rings. The topological polar surface area (TPSA) is 48.9 Å². The van der Waals surface area contributed by atoms with Crippen molar-refractivity contribution in [2.45, 2.75) is 39.4 Å². The Hall–Kier alpha value is -2.11. The van der Waals surface area contributed by atoms with Crippen molar-refractivity contribution in [3.05, 3.63) is 53.0 Å². The van der Waals surface area contributed by atoms with Gasteiger partial charge in [0, 0.05) is 54.5 Å². The molecular formula is C20H27N5. The number of nitrogens with zero attached hydrogens (tertiary/aromatic N) is 3. The zero-order chi connectivity index (χ0) is 17.2. The van der Waals surface area contributed by atoms with Crippen molar-refractivity contribution in [2.24, 2.45) is 7.05 Å². The minimum Gasteiger partial charge on any atom is -0.357 e. The average Bonchev–Trinajstić information content (AvgIpc) is 3.31. The quantitative estimate of drug-likeness (QED) is 0.727. The molecule has 25 heavy (non-hydrogen) atoms. The number of benzene rings is 1. The molecule has 0 amide bonds. The van der Waals surface area contributed by atoms with E-state index in [1.54, 1.807) is 0 Å². The molecular weight excluding hydrogens is 310 g/mol. The Morgan fingerprint density at radius 1 is 1.16 bits per heavy atom. The van der Waals surface area contributed by atoms with Crippen molar-refractivity contribution < 1.29 is 0 Å². The lowest BCUT2D eigenvalue weighted by molar-refractivity contribution is 0.328. The third-order valence-electron chi connectivity index (χ3n) is 5.32. The molecule has 132 valence electrons. The van der Waals surface area contributed by atoms with Gasteiger partial charge in [0.15, 0.2) is 0 Å². The van der Waals surface area contributed by atoms with E-state index in [-0.39, 0.29) is 0 Å². The summed E-state index contributed by atoms with van der Waals surface area (Å²) in [5, 5.41) is 9.14. The van der Waals surface area contributed by atoms with Crippen LogP contribution in [-0.2, 0) is 26.7 Å². The highest BCUT2D eigenvalue weighted by Crippen LogP contribution is 2.20. The van der Waals surface area contributed by atoms with Crippen molar-refractivity contribution >= 4 is 10.9 Å². The van der Waals surface area contributed by atoms with E-state index in [1.807, 2.05) is 17.9 Å². The third kappa shape index (κ3) is 3.62. The first-order valence-corrected chi connectivity index (χ1v) is 9.20. The van der Waals surface area contributed by atoms with Crippen LogP contribution in [0.2, 0.25) is 0 Å². The largest absolute Gasteiger partial charge is 0.357 e. The Morgan fingerprint density at radius 3 is 2.76 bits per heavy atom. The van der Waals surface area contributed by atoms with E-state index in [2.05, 4.69) is 51.5 Å². The number of rotatable bonds is 6. The summed E-state index contributed by atoms with van der Waals surface area (Å²) in [6.07, 6.45) is 4.63. The summed E-state index contributed by atoms with van der Waals surface area (Å²) >= 11 is 0. The van der Waals surface area contributed by atoms with Gasteiger partial charge in [-0.3, -0.25) is 9.58 Å². The van der Waals surface area contributed by atoms with Crippen LogP contribution in [0.1, 0.15) is 35.4 Å². The fraction of sp³-hybridized carbons (Fsp3) is 0.450. The molecule has 3 heterocycles. The molecule has 1 fully saturated rings. The molecule has 0 bridgehead atoms. The molecule has 1 aliphatic heterocycles. The molecule has 2 aromatic heterocycles. The average molecular weight is 337 g/mol. The smallest absolute Gasteiger partial charge is 0.0537 e. The van der Waals surface area contributed by atoms with E-state index >= 15 is 0 Å². The third-order valence-corrected chi connectivity index (χ3v) is 5.32. The van der Waals surface area contributed by atoms with Crippen LogP contribution < -0.4 is 5.32 Å². The summed E-state index contributed by atoms with van der Waals surface area (Å²) < 4.78 is 1.92. The first kappa shape index (κ1) is 16.4. The van der Waals surface area contributed by atoms with Gasteiger partial charge in [-0.25, -0.2) is 0 Å². The van der Waals surface area contributed by atoms with Gasteiger partial charge in [0.05, 0.1) is 6.20 Å². The second-order valence-corrected chi connectivity index (χ2v) is 7.18. The molecule has 5 nitrogen and oxygen atoms in total. The van der Waals surface area contributed by atoms with Crippen LogP contribution in [0, 0.1) is 6.92 Å². The lowest BCUT2D eigenvalue weighted by Crippen LogP contribution is -2.18. The number of H-pyrrole nitrogens is 1. The first-order chi connectivity index (χ1) is 12.2. The van der Waals surface area contributed by atoms with Gasteiger partial charge in [0.2, 0.25) is 0 Å². The first-order valence-electron chi connectivity index (χ1n) is 9.20. The van der Waals surface area contributed by atoms with Crippen LogP contribution >= 0.6 is 0 Å². The molecule has 0 spiro atoms. The lowest BCUT2D eigenvalue weighted by atomic mass is 10.1. The predicted octanol–water partition coefficient (Wildman–Crippen LogP) is 3.10. The van der Waals surface area contributed by atoms with Gasteiger partial charge in [-0.2, -0.15) is 5.10 Å². The maximum absolute atomic E-state index is 4.30. The van der Waals surface area contributed by atoms with Crippen LogP contribution in [0.5, 0.6) is 0 Å². The van der Waals surface area contributed by atoms with Gasteiger partial charge in [0.1, 0.15) is 0 Å². The van der Waals surface area contributed by atoms with E-state index in [0.29, 0.717) is 0 Å². The summed E-state index contributed by atoms with van der Waals surface area (Å²) in [4.78, 5) is 6.10. The van der Waals surface area contributed by atoms with Gasteiger partial charge >= 0.3 is 0 Å². The summed E-state index contributed by atoms with van der Waals surface area (Å²) in [5.41, 5.74) is 6.37. The monoisotopic (exact) mass is 337 g/mol. The molecule has 0 radical (unpaired) electrons. The van der Waals surface area contributed by atoms with Crippen LogP contribution in [0.4, 0.5) is 0 Å². The minimum absolute atomic E-state index is 0.852. The summed E-state index contributed by atoms with van der Waals surface area (Å²) in [5.74, 6) is 0. The van der Waals surface area contributed by atoms with Crippen LogP contribution in [0.3, 0.4) is 0 Å². The van der Waals surface area contributed by atoms with Gasteiger partial charge in [-0.1, -0.05) is 6.07 Å². The molecule has 4 rings (SSSR count). The maximum atomic E-state index is 4.30. The summed E-state index contributed by atoms with van der Waals surface area (Å²) in [6.45, 7) is 7.35. The minimum atomic E-state index is 0.852. The predicted molar refractivity (Wildman–Crippen MR) is 101 cm³/mol. The van der Waals surface area contributed by atoms with Crippen molar-refractivity contribution in [3.8, 4) is 0 Å². The fourth-order valence-corrected chi connectivity index (χ4v) is 3.68.